The number of morpholine rings is 1. The molecule has 8 heteroatoms. The molecule has 2 unspecified atom stereocenters. The highest BCUT2D eigenvalue weighted by Gasteiger charge is 2.26. The number of carbonyl (C=O) groups is 1. The van der Waals surface area contributed by atoms with Crippen LogP contribution < -0.4 is 10.6 Å². The van der Waals surface area contributed by atoms with Crippen LogP contribution in [0.2, 0.25) is 0 Å². The highest BCUT2D eigenvalue weighted by Crippen LogP contribution is 2.15. The van der Waals surface area contributed by atoms with Gasteiger partial charge >= 0.3 is 0 Å². The molecule has 1 aromatic carbocycles. The summed E-state index contributed by atoms with van der Waals surface area (Å²) >= 11 is 0. The molecule has 0 aliphatic carbocycles. The van der Waals surface area contributed by atoms with Crippen LogP contribution in [0, 0.1) is 0 Å². The van der Waals surface area contributed by atoms with Gasteiger partial charge < -0.3 is 25.0 Å². The van der Waals surface area contributed by atoms with E-state index >= 15 is 0 Å². The Morgan fingerprint density at radius 2 is 1.75 bits per heavy atom. The summed E-state index contributed by atoms with van der Waals surface area (Å²) in [6.45, 7) is 13.3. The van der Waals surface area contributed by atoms with E-state index in [1.165, 1.54) is 0 Å². The van der Waals surface area contributed by atoms with Gasteiger partial charge in [0.05, 0.1) is 18.8 Å². The number of hydrogen-bond acceptors (Lipinski definition) is 4. The lowest BCUT2D eigenvalue weighted by atomic mass is 10.1. The van der Waals surface area contributed by atoms with Crippen molar-refractivity contribution in [1.82, 2.24) is 15.5 Å². The Bertz CT molecular complexity index is 674. The van der Waals surface area contributed by atoms with Crippen molar-refractivity contribution in [1.29, 1.82) is 0 Å². The first-order valence-corrected chi connectivity index (χ1v) is 11.7. The van der Waals surface area contributed by atoms with Crippen LogP contribution >= 0.6 is 24.0 Å². The van der Waals surface area contributed by atoms with Gasteiger partial charge in [-0.05, 0) is 51.3 Å². The Kier molecular flexibility index (Phi) is 14.6. The Hall–Kier alpha value is -1.39. The zero-order valence-electron chi connectivity index (χ0n) is 20.1. The molecule has 2 rings (SSSR count). The standard InChI is InChI=1S/C24H40N4O3.HI/c1-5-7-14-30-15-8-13-26-24(25-6-2)27-16-21-9-11-22(12-10-21)23(29)28-17-19(3)31-20(4)18-28;/h9-12,19-20H,5-8,13-18H2,1-4H3,(H2,25,26,27);1H. The molecular weight excluding hydrogens is 519 g/mol. The molecule has 0 spiro atoms. The summed E-state index contributed by atoms with van der Waals surface area (Å²) in [4.78, 5) is 19.3. The van der Waals surface area contributed by atoms with Crippen LogP contribution in [0.5, 0.6) is 0 Å². The van der Waals surface area contributed by atoms with Crippen LogP contribution in [0.4, 0.5) is 0 Å². The zero-order chi connectivity index (χ0) is 22.5. The largest absolute Gasteiger partial charge is 0.381 e. The van der Waals surface area contributed by atoms with E-state index in [0.29, 0.717) is 25.2 Å². The van der Waals surface area contributed by atoms with Gasteiger partial charge in [-0.25, -0.2) is 4.99 Å². The molecule has 7 nitrogen and oxygen atoms in total. The van der Waals surface area contributed by atoms with E-state index in [9.17, 15) is 4.79 Å². The number of guanidine groups is 1. The molecule has 2 N–H and O–H groups in total. The molecule has 1 heterocycles. The smallest absolute Gasteiger partial charge is 0.254 e. The van der Waals surface area contributed by atoms with Crippen LogP contribution in [0.1, 0.15) is 62.9 Å². The minimum absolute atomic E-state index is 0. The molecular formula is C24H41IN4O3. The minimum Gasteiger partial charge on any atom is -0.381 e. The third-order valence-corrected chi connectivity index (χ3v) is 5.07. The van der Waals surface area contributed by atoms with E-state index in [4.69, 9.17) is 9.47 Å². The maximum atomic E-state index is 12.8. The van der Waals surface area contributed by atoms with E-state index in [1.807, 2.05) is 43.0 Å². The molecule has 0 radical (unpaired) electrons. The topological polar surface area (TPSA) is 75.2 Å². The summed E-state index contributed by atoms with van der Waals surface area (Å²) in [5.74, 6) is 0.862. The summed E-state index contributed by atoms with van der Waals surface area (Å²) in [5.41, 5.74) is 1.78. The van der Waals surface area contributed by atoms with Gasteiger partial charge in [0.25, 0.3) is 5.91 Å². The zero-order valence-corrected chi connectivity index (χ0v) is 22.4. The first-order valence-electron chi connectivity index (χ1n) is 11.7. The van der Waals surface area contributed by atoms with Crippen molar-refractivity contribution in [2.24, 2.45) is 4.99 Å². The summed E-state index contributed by atoms with van der Waals surface area (Å²) in [6.07, 6.45) is 3.37. The van der Waals surface area contributed by atoms with Gasteiger partial charge in [-0.15, -0.1) is 24.0 Å². The van der Waals surface area contributed by atoms with Crippen molar-refractivity contribution in [3.8, 4) is 0 Å². The van der Waals surface area contributed by atoms with Crippen molar-refractivity contribution in [2.45, 2.75) is 65.7 Å². The molecule has 2 atom stereocenters. The van der Waals surface area contributed by atoms with Gasteiger partial charge in [-0.2, -0.15) is 0 Å². The number of rotatable bonds is 11. The number of benzene rings is 1. The number of unbranched alkanes of at least 4 members (excludes halogenated alkanes) is 1. The highest BCUT2D eigenvalue weighted by atomic mass is 127. The first-order chi connectivity index (χ1) is 15.0. The lowest BCUT2D eigenvalue weighted by Gasteiger charge is -2.35. The van der Waals surface area contributed by atoms with Crippen molar-refractivity contribution in [2.75, 3.05) is 39.4 Å². The van der Waals surface area contributed by atoms with E-state index in [-0.39, 0.29) is 42.1 Å². The quantitative estimate of drug-likeness (QED) is 0.186. The van der Waals surface area contributed by atoms with Crippen LogP contribution in [0.3, 0.4) is 0 Å². The van der Waals surface area contributed by atoms with Gasteiger partial charge in [0.1, 0.15) is 0 Å². The highest BCUT2D eigenvalue weighted by molar-refractivity contribution is 14.0. The molecule has 0 aromatic heterocycles. The van der Waals surface area contributed by atoms with E-state index < -0.39 is 0 Å². The van der Waals surface area contributed by atoms with Crippen molar-refractivity contribution in [3.63, 3.8) is 0 Å². The summed E-state index contributed by atoms with van der Waals surface area (Å²) in [7, 11) is 0. The number of amides is 1. The van der Waals surface area contributed by atoms with Crippen LogP contribution in [0.25, 0.3) is 0 Å². The molecule has 182 valence electrons. The fourth-order valence-corrected chi connectivity index (χ4v) is 3.52. The summed E-state index contributed by atoms with van der Waals surface area (Å²) < 4.78 is 11.3. The molecule has 1 fully saturated rings. The number of nitrogens with zero attached hydrogens (tertiary/aromatic N) is 2. The maximum Gasteiger partial charge on any atom is 0.254 e. The monoisotopic (exact) mass is 560 g/mol. The SMILES string of the molecule is CCCCOCCCNC(=NCc1ccc(C(=O)N2CC(C)OC(C)C2)cc1)NCC.I. The first kappa shape index (κ1) is 28.6. The Morgan fingerprint density at radius 1 is 1.09 bits per heavy atom. The fraction of sp³-hybridized carbons (Fsp3) is 0.667. The van der Waals surface area contributed by atoms with Gasteiger partial charge in [0.15, 0.2) is 5.96 Å². The van der Waals surface area contributed by atoms with Crippen LogP contribution in [-0.2, 0) is 16.0 Å². The number of ether oxygens (including phenoxy) is 2. The number of aliphatic imine (C=N–C) groups is 1. The van der Waals surface area contributed by atoms with E-state index in [2.05, 4.69) is 29.5 Å². The van der Waals surface area contributed by atoms with Gasteiger partial charge in [0.2, 0.25) is 0 Å². The number of hydrogen-bond donors (Lipinski definition) is 2. The molecule has 1 amide bonds. The second-order valence-electron chi connectivity index (χ2n) is 8.11. The van der Waals surface area contributed by atoms with Crippen LogP contribution in [-0.4, -0.2) is 68.4 Å². The predicted molar refractivity (Wildman–Crippen MR) is 141 cm³/mol. The van der Waals surface area contributed by atoms with Crippen molar-refractivity contribution in [3.05, 3.63) is 35.4 Å². The Morgan fingerprint density at radius 3 is 2.38 bits per heavy atom. The summed E-state index contributed by atoms with van der Waals surface area (Å²) in [6, 6.07) is 7.75. The lowest BCUT2D eigenvalue weighted by Crippen LogP contribution is -2.48. The van der Waals surface area contributed by atoms with Crippen molar-refractivity contribution < 1.29 is 14.3 Å². The average Bonchev–Trinajstić information content (AvgIpc) is 2.76. The van der Waals surface area contributed by atoms with Gasteiger partial charge in [0, 0.05) is 45.0 Å². The van der Waals surface area contributed by atoms with E-state index in [1.54, 1.807) is 0 Å². The Balaban J connectivity index is 0.00000512. The fourth-order valence-electron chi connectivity index (χ4n) is 3.52. The van der Waals surface area contributed by atoms with Crippen LogP contribution in [0.15, 0.2) is 29.3 Å². The number of halogens is 1. The predicted octanol–water partition coefficient (Wildman–Crippen LogP) is 3.82. The minimum atomic E-state index is 0. The van der Waals surface area contributed by atoms with Gasteiger partial charge in [-0.3, -0.25) is 4.79 Å². The lowest BCUT2D eigenvalue weighted by molar-refractivity contribution is -0.0586. The number of carbonyl (C=O) groups excluding carboxylic acids is 1. The summed E-state index contributed by atoms with van der Waals surface area (Å²) in [5, 5.41) is 6.62. The molecule has 1 aliphatic heterocycles. The molecule has 32 heavy (non-hydrogen) atoms. The number of nitrogens with one attached hydrogen (secondary N) is 2. The second-order valence-corrected chi connectivity index (χ2v) is 8.11. The molecule has 1 aliphatic rings. The molecule has 0 bridgehead atoms. The molecule has 1 saturated heterocycles. The third kappa shape index (κ3) is 10.5. The van der Waals surface area contributed by atoms with Crippen molar-refractivity contribution >= 4 is 35.8 Å². The van der Waals surface area contributed by atoms with E-state index in [0.717, 1.165) is 57.1 Å². The maximum absolute atomic E-state index is 12.8. The second kappa shape index (κ2) is 16.3. The third-order valence-electron chi connectivity index (χ3n) is 5.07. The molecule has 1 aromatic rings. The average molecular weight is 561 g/mol. The molecule has 0 saturated carbocycles. The Labute approximate surface area is 210 Å². The normalized spacial score (nSPS) is 18.8. The van der Waals surface area contributed by atoms with Gasteiger partial charge in [-0.1, -0.05) is 25.5 Å².